The molecule has 1 amide bonds. The summed E-state index contributed by atoms with van der Waals surface area (Å²) in [7, 11) is 0. The van der Waals surface area contributed by atoms with Crippen LogP contribution in [0.5, 0.6) is 0 Å². The number of carbonyl (C=O) groups is 1. The molecule has 2 aliphatic heterocycles. The smallest absolute Gasteiger partial charge is 0.230 e. The van der Waals surface area contributed by atoms with Gasteiger partial charge in [0.25, 0.3) is 0 Å². The molecule has 130 valence electrons. The second-order valence-corrected chi connectivity index (χ2v) is 7.26. The molecule has 0 aliphatic carbocycles. The van der Waals surface area contributed by atoms with Crippen LogP contribution in [-0.2, 0) is 17.8 Å². The monoisotopic (exact) mass is 334 g/mol. The van der Waals surface area contributed by atoms with Gasteiger partial charge in [-0.3, -0.25) is 9.69 Å². The molecule has 1 atom stereocenters. The Morgan fingerprint density at radius 1 is 1.04 bits per heavy atom. The molecule has 0 spiro atoms. The molecule has 2 aromatic carbocycles. The summed E-state index contributed by atoms with van der Waals surface area (Å²) in [5.41, 5.74) is 4.08. The lowest BCUT2D eigenvalue weighted by atomic mass is 9.92. The van der Waals surface area contributed by atoms with E-state index >= 15 is 0 Å². The molecular formula is C22H26N2O. The third kappa shape index (κ3) is 3.21. The standard InChI is InChI=1S/C22H26N2O/c1-2-21(18-9-4-3-5-10-18)22(25)24-15-20(16-24)23-13-12-17-8-6-7-11-19(17)14-23/h3-11,20-21H,2,12-16H2,1H3. The highest BCUT2D eigenvalue weighted by Gasteiger charge is 2.38. The van der Waals surface area contributed by atoms with Gasteiger partial charge in [0.15, 0.2) is 0 Å². The molecule has 0 aromatic heterocycles. The summed E-state index contributed by atoms with van der Waals surface area (Å²) in [6.45, 7) is 6.00. The first-order chi connectivity index (χ1) is 12.3. The van der Waals surface area contributed by atoms with Crippen LogP contribution in [0.3, 0.4) is 0 Å². The van der Waals surface area contributed by atoms with Gasteiger partial charge in [-0.2, -0.15) is 0 Å². The quantitative estimate of drug-likeness (QED) is 0.855. The van der Waals surface area contributed by atoms with E-state index in [-0.39, 0.29) is 5.92 Å². The van der Waals surface area contributed by atoms with Gasteiger partial charge in [-0.25, -0.2) is 0 Å². The minimum Gasteiger partial charge on any atom is -0.339 e. The van der Waals surface area contributed by atoms with Crippen molar-refractivity contribution in [1.82, 2.24) is 9.80 Å². The second-order valence-electron chi connectivity index (χ2n) is 7.26. The fourth-order valence-corrected chi connectivity index (χ4v) is 4.15. The average molecular weight is 334 g/mol. The Hall–Kier alpha value is -2.13. The van der Waals surface area contributed by atoms with Crippen molar-refractivity contribution in [3.05, 3.63) is 71.3 Å². The van der Waals surface area contributed by atoms with E-state index in [1.165, 1.54) is 11.1 Å². The number of carbonyl (C=O) groups excluding carboxylic acids is 1. The zero-order valence-electron chi connectivity index (χ0n) is 14.9. The van der Waals surface area contributed by atoms with Gasteiger partial charge >= 0.3 is 0 Å². The minimum atomic E-state index is 0.00392. The first-order valence-electron chi connectivity index (χ1n) is 9.41. The third-order valence-corrected chi connectivity index (χ3v) is 5.76. The maximum Gasteiger partial charge on any atom is 0.230 e. The van der Waals surface area contributed by atoms with Crippen LogP contribution in [0, 0.1) is 0 Å². The van der Waals surface area contributed by atoms with Gasteiger partial charge in [-0.05, 0) is 29.5 Å². The van der Waals surface area contributed by atoms with Crippen LogP contribution in [0.2, 0.25) is 0 Å². The lowest BCUT2D eigenvalue weighted by Crippen LogP contribution is -2.62. The minimum absolute atomic E-state index is 0.00392. The van der Waals surface area contributed by atoms with Crippen LogP contribution in [0.15, 0.2) is 54.6 Å². The number of fused-ring (bicyclic) bond motifs is 1. The van der Waals surface area contributed by atoms with Crippen molar-refractivity contribution in [2.75, 3.05) is 19.6 Å². The number of likely N-dealkylation sites (tertiary alicyclic amines) is 1. The molecular weight excluding hydrogens is 308 g/mol. The molecule has 2 aliphatic rings. The van der Waals surface area contributed by atoms with Gasteiger partial charge in [0.2, 0.25) is 5.91 Å². The maximum absolute atomic E-state index is 12.9. The van der Waals surface area contributed by atoms with E-state index in [1.807, 2.05) is 23.1 Å². The van der Waals surface area contributed by atoms with E-state index in [4.69, 9.17) is 0 Å². The molecule has 1 unspecified atom stereocenters. The molecule has 0 bridgehead atoms. The van der Waals surface area contributed by atoms with Crippen molar-refractivity contribution in [3.8, 4) is 0 Å². The Kier molecular flexibility index (Phi) is 4.58. The largest absolute Gasteiger partial charge is 0.339 e. The molecule has 1 saturated heterocycles. The number of hydrogen-bond donors (Lipinski definition) is 0. The highest BCUT2D eigenvalue weighted by Crippen LogP contribution is 2.28. The summed E-state index contributed by atoms with van der Waals surface area (Å²) in [5, 5.41) is 0. The summed E-state index contributed by atoms with van der Waals surface area (Å²) >= 11 is 0. The number of amides is 1. The normalized spacial score (nSPS) is 19.2. The Labute approximate surface area is 150 Å². The van der Waals surface area contributed by atoms with Gasteiger partial charge in [0.1, 0.15) is 0 Å². The van der Waals surface area contributed by atoms with E-state index in [9.17, 15) is 4.79 Å². The van der Waals surface area contributed by atoms with Crippen molar-refractivity contribution >= 4 is 5.91 Å². The number of nitrogens with zero attached hydrogens (tertiary/aromatic N) is 2. The van der Waals surface area contributed by atoms with Gasteiger partial charge in [-0.15, -0.1) is 0 Å². The van der Waals surface area contributed by atoms with E-state index in [0.29, 0.717) is 11.9 Å². The third-order valence-electron chi connectivity index (χ3n) is 5.76. The van der Waals surface area contributed by atoms with Crippen LogP contribution in [0.4, 0.5) is 0 Å². The van der Waals surface area contributed by atoms with E-state index in [2.05, 4.69) is 48.2 Å². The highest BCUT2D eigenvalue weighted by molar-refractivity contribution is 5.84. The van der Waals surface area contributed by atoms with Crippen LogP contribution < -0.4 is 0 Å². The Balaban J connectivity index is 1.36. The van der Waals surface area contributed by atoms with Crippen molar-refractivity contribution in [3.63, 3.8) is 0 Å². The molecule has 0 N–H and O–H groups in total. The fraction of sp³-hybridized carbons (Fsp3) is 0.409. The Morgan fingerprint density at radius 2 is 1.72 bits per heavy atom. The molecule has 0 saturated carbocycles. The SMILES string of the molecule is CCC(C(=O)N1CC(N2CCc3ccccc3C2)C1)c1ccccc1. The Bertz CT molecular complexity index is 737. The number of rotatable bonds is 4. The second kappa shape index (κ2) is 7.01. The molecule has 4 rings (SSSR count). The summed E-state index contributed by atoms with van der Waals surface area (Å²) < 4.78 is 0. The van der Waals surface area contributed by atoms with Crippen molar-refractivity contribution in [1.29, 1.82) is 0 Å². The molecule has 2 aromatic rings. The summed E-state index contributed by atoms with van der Waals surface area (Å²) in [6, 6.07) is 19.5. The lowest BCUT2D eigenvalue weighted by molar-refractivity contribution is -0.140. The van der Waals surface area contributed by atoms with Gasteiger partial charge in [0.05, 0.1) is 5.92 Å². The van der Waals surface area contributed by atoms with Crippen LogP contribution in [-0.4, -0.2) is 41.4 Å². The molecule has 2 heterocycles. The van der Waals surface area contributed by atoms with E-state index in [1.54, 1.807) is 0 Å². The maximum atomic E-state index is 12.9. The van der Waals surface area contributed by atoms with Crippen molar-refractivity contribution < 1.29 is 4.79 Å². The zero-order chi connectivity index (χ0) is 17.2. The van der Waals surface area contributed by atoms with Gasteiger partial charge in [-0.1, -0.05) is 61.5 Å². The van der Waals surface area contributed by atoms with Gasteiger partial charge in [0, 0.05) is 32.2 Å². The Morgan fingerprint density at radius 3 is 2.44 bits per heavy atom. The number of benzene rings is 2. The van der Waals surface area contributed by atoms with Gasteiger partial charge < -0.3 is 4.90 Å². The lowest BCUT2D eigenvalue weighted by Gasteiger charge is -2.47. The van der Waals surface area contributed by atoms with Crippen molar-refractivity contribution in [2.24, 2.45) is 0 Å². The van der Waals surface area contributed by atoms with Crippen LogP contribution in [0.25, 0.3) is 0 Å². The fourth-order valence-electron chi connectivity index (χ4n) is 4.15. The predicted molar refractivity (Wildman–Crippen MR) is 100 cm³/mol. The van der Waals surface area contributed by atoms with Crippen LogP contribution in [0.1, 0.15) is 36.0 Å². The predicted octanol–water partition coefficient (Wildman–Crippen LogP) is 3.45. The topological polar surface area (TPSA) is 23.6 Å². The summed E-state index contributed by atoms with van der Waals surface area (Å²) in [5.74, 6) is 0.298. The summed E-state index contributed by atoms with van der Waals surface area (Å²) in [4.78, 5) is 17.5. The van der Waals surface area contributed by atoms with E-state index in [0.717, 1.165) is 44.6 Å². The molecule has 1 fully saturated rings. The first-order valence-corrected chi connectivity index (χ1v) is 9.41. The van der Waals surface area contributed by atoms with Crippen molar-refractivity contribution in [2.45, 2.75) is 38.3 Å². The molecule has 0 radical (unpaired) electrons. The zero-order valence-corrected chi connectivity index (χ0v) is 14.9. The number of hydrogen-bond acceptors (Lipinski definition) is 2. The van der Waals surface area contributed by atoms with Crippen LogP contribution >= 0.6 is 0 Å². The highest BCUT2D eigenvalue weighted by atomic mass is 16.2. The molecule has 3 heteroatoms. The van der Waals surface area contributed by atoms with E-state index < -0.39 is 0 Å². The average Bonchev–Trinajstić information content (AvgIpc) is 2.62. The molecule has 25 heavy (non-hydrogen) atoms. The first kappa shape index (κ1) is 16.3. The molecule has 3 nitrogen and oxygen atoms in total. The summed E-state index contributed by atoms with van der Waals surface area (Å²) in [6.07, 6.45) is 1.99.